The lowest BCUT2D eigenvalue weighted by molar-refractivity contribution is -0.143. The van der Waals surface area contributed by atoms with Gasteiger partial charge in [0.25, 0.3) is 0 Å². The molecule has 110 valence electrons. The van der Waals surface area contributed by atoms with Crippen molar-refractivity contribution in [3.8, 4) is 5.75 Å². The molecule has 1 aliphatic rings. The molecule has 20 heavy (non-hydrogen) atoms. The molecule has 3 heteroatoms. The quantitative estimate of drug-likeness (QED) is 0.861. The van der Waals surface area contributed by atoms with E-state index in [4.69, 9.17) is 0 Å². The summed E-state index contributed by atoms with van der Waals surface area (Å²) in [5.41, 5.74) is 1.48. The van der Waals surface area contributed by atoms with Gasteiger partial charge in [0.1, 0.15) is 5.75 Å². The summed E-state index contributed by atoms with van der Waals surface area (Å²) in [5.74, 6) is -0.445. The molecule has 0 atom stereocenters. The van der Waals surface area contributed by atoms with E-state index in [2.05, 4.69) is 0 Å². The zero-order valence-electron chi connectivity index (χ0n) is 12.8. The van der Waals surface area contributed by atoms with Crippen LogP contribution in [0.15, 0.2) is 12.1 Å². The number of aliphatic carboxylic acids is 1. The minimum absolute atomic E-state index is 0.205. The number of aryl methyl sites for hydroxylation is 1. The van der Waals surface area contributed by atoms with Crippen molar-refractivity contribution in [3.63, 3.8) is 0 Å². The Morgan fingerprint density at radius 2 is 1.75 bits per heavy atom. The minimum Gasteiger partial charge on any atom is -0.507 e. The third kappa shape index (κ3) is 2.30. The molecule has 1 aliphatic carbocycles. The zero-order valence-corrected chi connectivity index (χ0v) is 12.8. The van der Waals surface area contributed by atoms with Crippen LogP contribution in [0.4, 0.5) is 0 Å². The molecule has 1 aromatic rings. The van der Waals surface area contributed by atoms with Crippen molar-refractivity contribution < 1.29 is 15.0 Å². The van der Waals surface area contributed by atoms with Crippen LogP contribution in [0.1, 0.15) is 63.1 Å². The lowest BCUT2D eigenvalue weighted by atomic mass is 9.75. The van der Waals surface area contributed by atoms with Crippen molar-refractivity contribution in [2.75, 3.05) is 0 Å². The molecule has 0 unspecified atom stereocenters. The van der Waals surface area contributed by atoms with Crippen molar-refractivity contribution in [1.29, 1.82) is 0 Å². The maximum atomic E-state index is 11.8. The Morgan fingerprint density at radius 3 is 2.20 bits per heavy atom. The molecule has 0 bridgehead atoms. The van der Waals surface area contributed by atoms with Crippen molar-refractivity contribution in [1.82, 2.24) is 0 Å². The predicted molar refractivity (Wildman–Crippen MR) is 79.3 cm³/mol. The van der Waals surface area contributed by atoms with Crippen LogP contribution in [0, 0.1) is 6.92 Å². The molecule has 2 rings (SSSR count). The van der Waals surface area contributed by atoms with E-state index in [0.717, 1.165) is 29.5 Å². The van der Waals surface area contributed by atoms with E-state index in [0.29, 0.717) is 18.6 Å². The Balaban J connectivity index is 2.64. The fraction of sp³-hybridized carbons (Fsp3) is 0.588. The number of hydrogen-bond acceptors (Lipinski definition) is 2. The molecule has 0 aliphatic heterocycles. The summed E-state index contributed by atoms with van der Waals surface area (Å²) in [5, 5.41) is 20.0. The highest BCUT2D eigenvalue weighted by Gasteiger charge is 2.43. The van der Waals surface area contributed by atoms with Crippen LogP contribution < -0.4 is 0 Å². The molecule has 0 amide bonds. The van der Waals surface area contributed by atoms with Gasteiger partial charge in [0.2, 0.25) is 0 Å². The summed E-state index contributed by atoms with van der Waals surface area (Å²) in [6.07, 6.45) is 3.29. The molecule has 0 heterocycles. The van der Waals surface area contributed by atoms with Gasteiger partial charge in [0, 0.05) is 0 Å². The van der Waals surface area contributed by atoms with Crippen LogP contribution in [0.2, 0.25) is 0 Å². The van der Waals surface area contributed by atoms with E-state index in [1.807, 2.05) is 39.8 Å². The van der Waals surface area contributed by atoms with Crippen molar-refractivity contribution in [3.05, 3.63) is 28.8 Å². The fourth-order valence-corrected chi connectivity index (χ4v) is 3.23. The summed E-state index contributed by atoms with van der Waals surface area (Å²) in [6, 6.07) is 3.76. The molecule has 0 spiro atoms. The first-order chi connectivity index (χ1) is 9.18. The Kier molecular flexibility index (Phi) is 3.57. The third-order valence-corrected chi connectivity index (χ3v) is 4.53. The smallest absolute Gasteiger partial charge is 0.314 e. The molecule has 1 fully saturated rings. The number of aromatic hydroxyl groups is 1. The number of phenolic OH excluding ortho intramolecular Hbond substituents is 1. The van der Waals surface area contributed by atoms with Gasteiger partial charge in [-0.25, -0.2) is 0 Å². The maximum absolute atomic E-state index is 11.8. The standard InChI is InChI=1S/C17H24O3/c1-11-9-12(10-13(14(11)18)16(2,3)4)17(15(19)20)7-5-6-8-17/h9-10,18H,5-8H2,1-4H3,(H,19,20). The number of hydrogen-bond donors (Lipinski definition) is 2. The fourth-order valence-electron chi connectivity index (χ4n) is 3.23. The largest absolute Gasteiger partial charge is 0.507 e. The second-order valence-electron chi connectivity index (χ2n) is 7.03. The van der Waals surface area contributed by atoms with Crippen LogP contribution in [0.25, 0.3) is 0 Å². The predicted octanol–water partition coefficient (Wildman–Crippen LogP) is 3.89. The van der Waals surface area contributed by atoms with Gasteiger partial charge in [0.05, 0.1) is 5.41 Å². The number of benzene rings is 1. The Morgan fingerprint density at radius 1 is 1.20 bits per heavy atom. The number of phenols is 1. The first-order valence-corrected chi connectivity index (χ1v) is 7.26. The summed E-state index contributed by atoms with van der Waals surface area (Å²) in [7, 11) is 0. The number of carboxylic acids is 1. The number of carboxylic acid groups (broad SMARTS) is 1. The van der Waals surface area contributed by atoms with Crippen molar-refractivity contribution >= 4 is 5.97 Å². The lowest BCUT2D eigenvalue weighted by Crippen LogP contribution is -2.33. The third-order valence-electron chi connectivity index (χ3n) is 4.53. The first kappa shape index (κ1) is 14.9. The van der Waals surface area contributed by atoms with Crippen molar-refractivity contribution in [2.24, 2.45) is 0 Å². The van der Waals surface area contributed by atoms with E-state index >= 15 is 0 Å². The van der Waals surface area contributed by atoms with Gasteiger partial charge in [-0.1, -0.05) is 45.7 Å². The Labute approximate surface area is 120 Å². The average molecular weight is 276 g/mol. The van der Waals surface area contributed by atoms with Crippen LogP contribution in [0.3, 0.4) is 0 Å². The summed E-state index contributed by atoms with van der Waals surface area (Å²) in [4.78, 5) is 11.8. The zero-order chi connectivity index (χ0) is 15.1. The number of rotatable bonds is 2. The highest BCUT2D eigenvalue weighted by molar-refractivity contribution is 5.82. The monoisotopic (exact) mass is 276 g/mol. The van der Waals surface area contributed by atoms with Crippen molar-refractivity contribution in [2.45, 2.75) is 64.2 Å². The molecule has 1 aromatic carbocycles. The minimum atomic E-state index is -0.765. The van der Waals surface area contributed by atoms with Crippen LogP contribution in [0.5, 0.6) is 5.75 Å². The van der Waals surface area contributed by atoms with Gasteiger partial charge in [-0.2, -0.15) is 0 Å². The lowest BCUT2D eigenvalue weighted by Gasteiger charge is -2.29. The van der Waals surface area contributed by atoms with E-state index < -0.39 is 11.4 Å². The van der Waals surface area contributed by atoms with Crippen LogP contribution >= 0.6 is 0 Å². The summed E-state index contributed by atoms with van der Waals surface area (Å²) >= 11 is 0. The van der Waals surface area contributed by atoms with Gasteiger partial charge in [-0.05, 0) is 41.9 Å². The highest BCUT2D eigenvalue weighted by Crippen LogP contribution is 2.44. The SMILES string of the molecule is Cc1cc(C2(C(=O)O)CCCC2)cc(C(C)(C)C)c1O. The molecule has 2 N–H and O–H groups in total. The number of carbonyl (C=O) groups is 1. The van der Waals surface area contributed by atoms with Gasteiger partial charge >= 0.3 is 5.97 Å². The van der Waals surface area contributed by atoms with Gasteiger partial charge < -0.3 is 10.2 Å². The second-order valence-corrected chi connectivity index (χ2v) is 7.03. The second kappa shape index (κ2) is 4.80. The summed E-state index contributed by atoms with van der Waals surface area (Å²) in [6.45, 7) is 7.95. The molecular formula is C17H24O3. The molecular weight excluding hydrogens is 252 g/mol. The van der Waals surface area contributed by atoms with E-state index in [9.17, 15) is 15.0 Å². The maximum Gasteiger partial charge on any atom is 0.314 e. The normalized spacial score (nSPS) is 18.2. The van der Waals surface area contributed by atoms with Crippen LogP contribution in [-0.2, 0) is 15.6 Å². The van der Waals surface area contributed by atoms with Crippen LogP contribution in [-0.4, -0.2) is 16.2 Å². The van der Waals surface area contributed by atoms with E-state index in [-0.39, 0.29) is 5.41 Å². The molecule has 3 nitrogen and oxygen atoms in total. The Bertz CT molecular complexity index is 532. The van der Waals surface area contributed by atoms with Gasteiger partial charge in [-0.3, -0.25) is 4.79 Å². The highest BCUT2D eigenvalue weighted by atomic mass is 16.4. The van der Waals surface area contributed by atoms with E-state index in [1.165, 1.54) is 0 Å². The topological polar surface area (TPSA) is 57.5 Å². The van der Waals surface area contributed by atoms with Gasteiger partial charge in [-0.15, -0.1) is 0 Å². The molecule has 0 radical (unpaired) electrons. The molecule has 0 aromatic heterocycles. The van der Waals surface area contributed by atoms with Gasteiger partial charge in [0.15, 0.2) is 0 Å². The first-order valence-electron chi connectivity index (χ1n) is 7.26. The Hall–Kier alpha value is -1.51. The summed E-state index contributed by atoms with van der Waals surface area (Å²) < 4.78 is 0. The average Bonchev–Trinajstić information content (AvgIpc) is 2.81. The van der Waals surface area contributed by atoms with E-state index in [1.54, 1.807) is 0 Å². The molecule has 1 saturated carbocycles. The molecule has 0 saturated heterocycles.